The Morgan fingerprint density at radius 3 is 1.68 bits per heavy atom. The van der Waals surface area contributed by atoms with Gasteiger partial charge in [0, 0.05) is 6.42 Å². The Kier molecular flexibility index (Phi) is 23.2. The van der Waals surface area contributed by atoms with Crippen LogP contribution >= 0.6 is 0 Å². The molecule has 9 fully saturated rings. The second-order valence-electron chi connectivity index (χ2n) is 28.3. The maximum atomic E-state index is 13.1. The molecule has 4 aliphatic carbocycles. The number of ether oxygens (including phenoxy) is 12. The van der Waals surface area contributed by atoms with Gasteiger partial charge in [-0.3, -0.25) is 9.35 Å². The molecule has 0 unspecified atom stereocenters. The molecule has 6 heterocycles. The number of hydrogen-bond acceptors (Lipinski definition) is 30. The van der Waals surface area contributed by atoms with Crippen molar-refractivity contribution in [2.75, 3.05) is 19.8 Å². The molecular weight excluding hydrogens is 1260 g/mol. The Morgan fingerprint density at radius 1 is 0.581 bits per heavy atom. The first-order valence-electron chi connectivity index (χ1n) is 32.5. The Labute approximate surface area is 539 Å². The lowest BCUT2D eigenvalue weighted by molar-refractivity contribution is -0.400. The molecule has 6 saturated heterocycles. The van der Waals surface area contributed by atoms with E-state index in [1.807, 2.05) is 20.8 Å². The number of fused-ring (bicyclic) bond motifs is 5. The maximum Gasteiger partial charge on any atom is 0.397 e. The summed E-state index contributed by atoms with van der Waals surface area (Å²) >= 11 is 0. The van der Waals surface area contributed by atoms with Gasteiger partial charge in [0.25, 0.3) is 0 Å². The van der Waals surface area contributed by atoms with Crippen LogP contribution in [0.3, 0.4) is 0 Å². The molecule has 6 aliphatic heterocycles. The van der Waals surface area contributed by atoms with Crippen molar-refractivity contribution in [1.29, 1.82) is 0 Å². The monoisotopic (exact) mass is 1360 g/mol. The third-order valence-electron chi connectivity index (χ3n) is 21.7. The lowest BCUT2D eigenvalue weighted by atomic mass is 9.48. The molecule has 32 heteroatoms. The average Bonchev–Trinajstić information content (AvgIpc) is 1.70. The second-order valence-corrected chi connectivity index (χ2v) is 29.3. The second kappa shape index (κ2) is 29.3. The standard InChI is InChI=1S/C61H98O31S/c1-22(2)15-27(64)16-23(3)30-9-10-31-29-18-34(33-17-28(92-93(77,78)79)11-13-61(33,8)32(29)12-14-60(30,31)7)84-56-48(75)51(40(67)25(5)82-56)89-58-52(90-54-47(74)44(71)38(65)24(4)81-54)43(70)37(21-80-58)87-59-53(45(72)41(68)35(19-62)86-59)91-57-49(76)50(39(66)26(6)83-57)88-55-46(73)42(69)36(20-63)85-55/h12,16,22,24-26,28-31,33-59,62-63,65-76H,9-11,13-15,17-21H2,1-8H3,(H,77,78,79)/b23-16-/t24-,25-,26-,28+,29+,30-,31+,33-,34+,35-,36+,37-,38-,39+,40-,41+,42+,43+,44+,45+,46-,47-,48-,49-,50+,51+,52-,53-,54+,55+,56+,57+,58+,59+,60-,61-/m1/s1. The smallest absolute Gasteiger partial charge is 0.394 e. The number of carbonyl (C=O) groups is 1. The van der Waals surface area contributed by atoms with Gasteiger partial charge in [0.05, 0.1) is 50.3 Å². The van der Waals surface area contributed by atoms with E-state index in [1.165, 1.54) is 26.3 Å². The van der Waals surface area contributed by atoms with E-state index in [0.717, 1.165) is 24.8 Å². The van der Waals surface area contributed by atoms with Crippen LogP contribution < -0.4 is 0 Å². The Morgan fingerprint density at radius 2 is 1.09 bits per heavy atom. The normalized spacial score (nSPS) is 51.4. The molecule has 0 aromatic carbocycles. The Balaban J connectivity index is 0.904. The number of aliphatic hydroxyl groups is 14. The van der Waals surface area contributed by atoms with Gasteiger partial charge in [-0.25, -0.2) is 4.18 Å². The lowest BCUT2D eigenvalue weighted by Crippen LogP contribution is -2.67. The van der Waals surface area contributed by atoms with E-state index in [-0.39, 0.29) is 47.7 Å². The van der Waals surface area contributed by atoms with Gasteiger partial charge < -0.3 is 128 Å². The number of allylic oxidation sites excluding steroid dienone is 4. The van der Waals surface area contributed by atoms with Gasteiger partial charge in [-0.2, -0.15) is 8.42 Å². The molecule has 93 heavy (non-hydrogen) atoms. The number of hydrogen-bond donors (Lipinski definition) is 15. The molecule has 10 aliphatic rings. The van der Waals surface area contributed by atoms with Crippen LogP contribution in [-0.4, -0.2) is 294 Å². The van der Waals surface area contributed by atoms with Crippen LogP contribution in [0.4, 0.5) is 0 Å². The van der Waals surface area contributed by atoms with Crippen molar-refractivity contribution >= 4 is 16.2 Å². The predicted molar refractivity (Wildman–Crippen MR) is 311 cm³/mol. The molecule has 0 bridgehead atoms. The summed E-state index contributed by atoms with van der Waals surface area (Å²) in [5.41, 5.74) is 1.35. The molecule has 0 aromatic heterocycles. The van der Waals surface area contributed by atoms with Crippen LogP contribution in [0.5, 0.6) is 0 Å². The average molecular weight is 1360 g/mol. The highest BCUT2D eigenvalue weighted by Crippen LogP contribution is 2.67. The first-order valence-corrected chi connectivity index (χ1v) is 33.8. The van der Waals surface area contributed by atoms with Crippen LogP contribution in [0, 0.1) is 40.4 Å². The van der Waals surface area contributed by atoms with E-state index in [1.54, 1.807) is 6.08 Å². The van der Waals surface area contributed by atoms with Gasteiger partial charge in [0.1, 0.15) is 116 Å². The first-order chi connectivity index (χ1) is 43.7. The highest BCUT2D eigenvalue weighted by atomic mass is 32.3. The summed E-state index contributed by atoms with van der Waals surface area (Å²) in [6, 6.07) is 0. The van der Waals surface area contributed by atoms with Crippen molar-refractivity contribution in [3.8, 4) is 0 Å². The van der Waals surface area contributed by atoms with Crippen molar-refractivity contribution < 1.29 is 150 Å². The zero-order chi connectivity index (χ0) is 67.8. The van der Waals surface area contributed by atoms with Gasteiger partial charge in [-0.05, 0) is 119 Å². The molecule has 15 N–H and O–H groups in total. The number of rotatable bonds is 20. The van der Waals surface area contributed by atoms with Gasteiger partial charge in [0.15, 0.2) is 43.5 Å². The van der Waals surface area contributed by atoms with E-state index in [0.29, 0.717) is 19.3 Å². The molecule has 0 radical (unpaired) electrons. The van der Waals surface area contributed by atoms with Crippen molar-refractivity contribution in [2.24, 2.45) is 40.4 Å². The lowest BCUT2D eigenvalue weighted by Gasteiger charge is -2.59. The minimum Gasteiger partial charge on any atom is -0.394 e. The van der Waals surface area contributed by atoms with Crippen molar-refractivity contribution in [3.05, 3.63) is 23.3 Å². The van der Waals surface area contributed by atoms with E-state index < -0.39 is 226 Å². The highest BCUT2D eigenvalue weighted by molar-refractivity contribution is 7.80. The van der Waals surface area contributed by atoms with Crippen LogP contribution in [-0.2, 0) is 76.2 Å². The number of ketones is 1. The van der Waals surface area contributed by atoms with Crippen LogP contribution in [0.1, 0.15) is 107 Å². The quantitative estimate of drug-likeness (QED) is 0.0321. The third kappa shape index (κ3) is 14.8. The molecule has 534 valence electrons. The summed E-state index contributed by atoms with van der Waals surface area (Å²) in [7, 11) is -4.88. The van der Waals surface area contributed by atoms with Gasteiger partial charge in [-0.1, -0.05) is 44.9 Å². The predicted octanol–water partition coefficient (Wildman–Crippen LogP) is -3.41. The Hall–Kier alpha value is -2.02. The van der Waals surface area contributed by atoms with Crippen molar-refractivity contribution in [3.63, 3.8) is 0 Å². The number of aliphatic hydroxyl groups excluding tert-OH is 14. The summed E-state index contributed by atoms with van der Waals surface area (Å²) in [5.74, 6) is -0.0854. The Bertz CT molecular complexity index is 2710. The van der Waals surface area contributed by atoms with Crippen LogP contribution in [0.15, 0.2) is 23.3 Å². The zero-order valence-corrected chi connectivity index (χ0v) is 54.1. The first kappa shape index (κ1) is 73.7. The summed E-state index contributed by atoms with van der Waals surface area (Å²) < 4.78 is 112. The summed E-state index contributed by atoms with van der Waals surface area (Å²) in [6.45, 7) is 12.2. The van der Waals surface area contributed by atoms with E-state index in [9.17, 15) is 89.3 Å². The molecule has 36 atom stereocenters. The third-order valence-corrected chi connectivity index (χ3v) is 22.2. The van der Waals surface area contributed by atoms with Crippen molar-refractivity contribution in [1.82, 2.24) is 0 Å². The molecule has 0 spiro atoms. The van der Waals surface area contributed by atoms with Crippen LogP contribution in [0.25, 0.3) is 0 Å². The summed E-state index contributed by atoms with van der Waals surface area (Å²) in [5, 5.41) is 156. The fourth-order valence-corrected chi connectivity index (χ4v) is 17.1. The SMILES string of the molecule is C/C(=C/C(=O)CC(C)C)[C@H]1CC[C@H]2[C@@H]3C[C@H](O[C@@H]4O[C@H](C)[C@@H](O)[C@H](O[C@@H]5OC[C@@H](O[C@@H]6O[C@H](CO)[C@H](O)[C@H](O)[C@H]6O[C@@H]6O[C@H](C)[C@H](O)[C@H](O[C@@H]7O[C@@H](CO)[C@H](O)[C@H]7O)[C@H]6O)[C@H](O)[C@H]5O[C@@H]5O[C@H](C)[C@@H](O)[C@H](O)[C@H]5O)[C@H]4O)[C@H]4C[C@@H](OS(=O)(=O)O)CC[C@]4(C)C3=CC[C@]12C. The van der Waals surface area contributed by atoms with E-state index in [4.69, 9.17) is 61.0 Å². The fraction of sp³-hybridized carbons (Fsp3) is 0.918. The minimum absolute atomic E-state index is 0.0720. The van der Waals surface area contributed by atoms with Gasteiger partial charge in [0.2, 0.25) is 0 Å². The summed E-state index contributed by atoms with van der Waals surface area (Å²) in [4.78, 5) is 13.1. The molecule has 3 saturated carbocycles. The molecular formula is C61H98O31S. The molecule has 10 rings (SSSR count). The van der Waals surface area contributed by atoms with Crippen molar-refractivity contribution in [2.45, 2.75) is 291 Å². The fourth-order valence-electron chi connectivity index (χ4n) is 16.5. The van der Waals surface area contributed by atoms with Gasteiger partial charge in [-0.15, -0.1) is 0 Å². The van der Waals surface area contributed by atoms with E-state index >= 15 is 0 Å². The van der Waals surface area contributed by atoms with Gasteiger partial charge >= 0.3 is 10.4 Å². The van der Waals surface area contributed by atoms with Crippen LogP contribution in [0.2, 0.25) is 0 Å². The minimum atomic E-state index is -4.88. The maximum absolute atomic E-state index is 13.1. The molecule has 0 aromatic rings. The zero-order valence-electron chi connectivity index (χ0n) is 53.3. The largest absolute Gasteiger partial charge is 0.397 e. The summed E-state index contributed by atoms with van der Waals surface area (Å²) in [6.07, 6.45) is -42.1. The number of carbonyl (C=O) groups excluding carboxylic acids is 1. The molecule has 0 amide bonds. The van der Waals surface area contributed by atoms with E-state index in [2.05, 4.69) is 19.9 Å². The topological polar surface area (TPSA) is 475 Å². The highest BCUT2D eigenvalue weighted by Gasteiger charge is 2.63. The molecule has 31 nitrogen and oxygen atoms in total.